The van der Waals surface area contributed by atoms with Crippen LogP contribution in [0.1, 0.15) is 36.7 Å². The molecule has 0 bridgehead atoms. The largest absolute Gasteiger partial charge is 0.492 e. The molecular weight excluding hydrogens is 296 g/mol. The van der Waals surface area contributed by atoms with Crippen molar-refractivity contribution in [3.8, 4) is 11.6 Å². The number of hydrogen-bond donors (Lipinski definition) is 1. The van der Waals surface area contributed by atoms with Crippen molar-refractivity contribution in [2.45, 2.75) is 26.4 Å². The quantitative estimate of drug-likeness (QED) is 0.860. The van der Waals surface area contributed by atoms with E-state index in [0.29, 0.717) is 22.6 Å². The highest BCUT2D eigenvalue weighted by Gasteiger charge is 2.34. The molecular formula is C17H16N2O4. The Hall–Kier alpha value is -2.89. The standard InChI is InChI=1S/C17H16N2O4/c1-10-16(19-15(22)7-6-14(21)18-19)12-8-11(9-20)4-5-13(12)23-17(10,2)3/h4-9H,1-3H3,(H,18,21). The maximum Gasteiger partial charge on any atom is 0.271 e. The van der Waals surface area contributed by atoms with Crippen molar-refractivity contribution in [2.75, 3.05) is 0 Å². The molecule has 1 aliphatic rings. The maximum absolute atomic E-state index is 12.2. The molecule has 23 heavy (non-hydrogen) atoms. The van der Waals surface area contributed by atoms with Gasteiger partial charge < -0.3 is 9.84 Å². The molecule has 0 amide bonds. The number of ether oxygens (including phenoxy) is 1. The number of aromatic hydroxyl groups is 1. The smallest absolute Gasteiger partial charge is 0.271 e. The van der Waals surface area contributed by atoms with Crippen LogP contribution in [0.25, 0.3) is 5.70 Å². The SMILES string of the molecule is CC1=C(n2nc(O)ccc2=O)c2cc(C=O)ccc2OC1(C)C. The van der Waals surface area contributed by atoms with Gasteiger partial charge in [-0.25, -0.2) is 0 Å². The second-order valence-electron chi connectivity index (χ2n) is 5.90. The predicted octanol–water partition coefficient (Wildman–Crippen LogP) is 2.21. The molecule has 2 heterocycles. The first kappa shape index (κ1) is 15.0. The van der Waals surface area contributed by atoms with Crippen LogP contribution in [-0.4, -0.2) is 26.8 Å². The number of benzene rings is 1. The molecule has 0 unspecified atom stereocenters. The van der Waals surface area contributed by atoms with E-state index in [2.05, 4.69) is 5.10 Å². The van der Waals surface area contributed by atoms with Crippen molar-refractivity contribution in [1.82, 2.24) is 9.78 Å². The van der Waals surface area contributed by atoms with Crippen LogP contribution >= 0.6 is 0 Å². The van der Waals surface area contributed by atoms with E-state index < -0.39 is 5.60 Å². The number of carbonyl (C=O) groups is 1. The third-order valence-electron chi connectivity index (χ3n) is 4.02. The minimum absolute atomic E-state index is 0.262. The van der Waals surface area contributed by atoms with E-state index in [1.54, 1.807) is 18.2 Å². The van der Waals surface area contributed by atoms with E-state index >= 15 is 0 Å². The van der Waals surface area contributed by atoms with Crippen LogP contribution in [0.3, 0.4) is 0 Å². The van der Waals surface area contributed by atoms with Gasteiger partial charge in [-0.1, -0.05) is 0 Å². The van der Waals surface area contributed by atoms with E-state index in [4.69, 9.17) is 4.74 Å². The fourth-order valence-corrected chi connectivity index (χ4v) is 2.57. The number of nitrogens with zero attached hydrogens (tertiary/aromatic N) is 2. The average Bonchev–Trinajstić information content (AvgIpc) is 2.51. The summed E-state index contributed by atoms with van der Waals surface area (Å²) in [5.74, 6) is 0.292. The first-order valence-electron chi connectivity index (χ1n) is 7.13. The fraction of sp³-hybridized carbons (Fsp3) is 0.235. The van der Waals surface area contributed by atoms with Crippen molar-refractivity contribution >= 4 is 12.0 Å². The highest BCUT2D eigenvalue weighted by Crippen LogP contribution is 2.40. The summed E-state index contributed by atoms with van der Waals surface area (Å²) in [6.07, 6.45) is 0.728. The van der Waals surface area contributed by atoms with Gasteiger partial charge in [0, 0.05) is 23.3 Å². The number of hydrogen-bond acceptors (Lipinski definition) is 5. The molecule has 1 aromatic heterocycles. The molecule has 6 heteroatoms. The van der Waals surface area contributed by atoms with Gasteiger partial charge in [-0.05, 0) is 44.5 Å². The normalized spacial score (nSPS) is 15.8. The molecule has 6 nitrogen and oxygen atoms in total. The van der Waals surface area contributed by atoms with Crippen LogP contribution in [0.2, 0.25) is 0 Å². The van der Waals surface area contributed by atoms with Crippen molar-refractivity contribution in [3.05, 3.63) is 57.4 Å². The van der Waals surface area contributed by atoms with Gasteiger partial charge >= 0.3 is 0 Å². The third-order valence-corrected chi connectivity index (χ3v) is 4.02. The lowest BCUT2D eigenvalue weighted by atomic mass is 9.90. The van der Waals surface area contributed by atoms with Gasteiger partial charge in [-0.3, -0.25) is 9.59 Å². The molecule has 0 fully saturated rings. The molecule has 0 saturated carbocycles. The Balaban J connectivity index is 2.38. The Morgan fingerprint density at radius 1 is 1.26 bits per heavy atom. The minimum atomic E-state index is -0.655. The molecule has 0 saturated heterocycles. The van der Waals surface area contributed by atoms with Crippen LogP contribution in [0, 0.1) is 0 Å². The van der Waals surface area contributed by atoms with Gasteiger partial charge in [0.1, 0.15) is 17.6 Å². The van der Waals surface area contributed by atoms with Crippen molar-refractivity contribution in [3.63, 3.8) is 0 Å². The monoisotopic (exact) mass is 312 g/mol. The summed E-state index contributed by atoms with van der Waals surface area (Å²) < 4.78 is 7.11. The summed E-state index contributed by atoms with van der Waals surface area (Å²) in [7, 11) is 0. The number of carbonyl (C=O) groups excluding carboxylic acids is 1. The Morgan fingerprint density at radius 3 is 2.70 bits per heavy atom. The molecule has 3 rings (SSSR count). The van der Waals surface area contributed by atoms with Crippen LogP contribution in [0.5, 0.6) is 11.6 Å². The molecule has 0 spiro atoms. The third kappa shape index (κ3) is 2.42. The Labute approximate surface area is 132 Å². The average molecular weight is 312 g/mol. The van der Waals surface area contributed by atoms with Gasteiger partial charge in [0.2, 0.25) is 5.88 Å². The molecule has 118 valence electrons. The summed E-state index contributed by atoms with van der Waals surface area (Å²) in [4.78, 5) is 23.3. The number of aldehydes is 1. The highest BCUT2D eigenvalue weighted by molar-refractivity contribution is 5.82. The Bertz CT molecular complexity index is 894. The maximum atomic E-state index is 12.2. The molecule has 1 N–H and O–H groups in total. The molecule has 0 atom stereocenters. The van der Waals surface area contributed by atoms with Gasteiger partial charge in [0.25, 0.3) is 5.56 Å². The highest BCUT2D eigenvalue weighted by atomic mass is 16.5. The minimum Gasteiger partial charge on any atom is -0.492 e. The zero-order valence-electron chi connectivity index (χ0n) is 13.0. The van der Waals surface area contributed by atoms with E-state index in [9.17, 15) is 14.7 Å². The predicted molar refractivity (Wildman–Crippen MR) is 84.7 cm³/mol. The first-order chi connectivity index (χ1) is 10.8. The summed E-state index contributed by atoms with van der Waals surface area (Å²) in [5.41, 5.74) is 1.31. The topological polar surface area (TPSA) is 81.4 Å². The summed E-state index contributed by atoms with van der Waals surface area (Å²) in [5, 5.41) is 13.6. The van der Waals surface area contributed by atoms with Gasteiger partial charge in [-0.2, -0.15) is 4.68 Å². The summed E-state index contributed by atoms with van der Waals surface area (Å²) in [6, 6.07) is 7.48. The lowest BCUT2D eigenvalue weighted by molar-refractivity contribution is 0.112. The van der Waals surface area contributed by atoms with Crippen LogP contribution in [0.4, 0.5) is 0 Å². The number of rotatable bonds is 2. The molecule has 1 aliphatic heterocycles. The van der Waals surface area contributed by atoms with E-state index in [0.717, 1.165) is 16.5 Å². The second-order valence-corrected chi connectivity index (χ2v) is 5.90. The lowest BCUT2D eigenvalue weighted by Gasteiger charge is -2.35. The van der Waals surface area contributed by atoms with Gasteiger partial charge in [0.15, 0.2) is 0 Å². The van der Waals surface area contributed by atoms with Crippen LogP contribution in [0.15, 0.2) is 40.7 Å². The fourth-order valence-electron chi connectivity index (χ4n) is 2.57. The van der Waals surface area contributed by atoms with Gasteiger partial charge in [0.05, 0.1) is 5.70 Å². The molecule has 0 aliphatic carbocycles. The van der Waals surface area contributed by atoms with Crippen LogP contribution in [-0.2, 0) is 0 Å². The van der Waals surface area contributed by atoms with E-state index in [-0.39, 0.29) is 11.4 Å². The zero-order valence-corrected chi connectivity index (χ0v) is 13.0. The molecule has 2 aromatic rings. The summed E-state index contributed by atoms with van der Waals surface area (Å²) in [6.45, 7) is 5.60. The Morgan fingerprint density at radius 2 is 2.00 bits per heavy atom. The number of fused-ring (bicyclic) bond motifs is 1. The van der Waals surface area contributed by atoms with Crippen molar-refractivity contribution in [1.29, 1.82) is 0 Å². The van der Waals surface area contributed by atoms with E-state index in [1.165, 1.54) is 12.1 Å². The lowest BCUT2D eigenvalue weighted by Crippen LogP contribution is -2.36. The molecule has 0 radical (unpaired) electrons. The second kappa shape index (κ2) is 5.08. The van der Waals surface area contributed by atoms with Crippen molar-refractivity contribution < 1.29 is 14.6 Å². The Kier molecular flexibility index (Phi) is 3.32. The molecule has 1 aromatic carbocycles. The summed E-state index contributed by atoms with van der Waals surface area (Å²) >= 11 is 0. The van der Waals surface area contributed by atoms with E-state index in [1.807, 2.05) is 20.8 Å². The zero-order chi connectivity index (χ0) is 16.8. The number of aromatic nitrogens is 2. The van der Waals surface area contributed by atoms with Gasteiger partial charge in [-0.15, -0.1) is 5.10 Å². The van der Waals surface area contributed by atoms with Crippen LogP contribution < -0.4 is 10.3 Å². The first-order valence-corrected chi connectivity index (χ1v) is 7.13. The van der Waals surface area contributed by atoms with Crippen molar-refractivity contribution in [2.24, 2.45) is 0 Å².